The first-order chi connectivity index (χ1) is 11.1. The monoisotopic (exact) mass is 314 g/mol. The van der Waals surface area contributed by atoms with Crippen molar-refractivity contribution >= 4 is 6.21 Å². The van der Waals surface area contributed by atoms with Gasteiger partial charge in [0, 0.05) is 25.5 Å². The van der Waals surface area contributed by atoms with Crippen LogP contribution in [0.15, 0.2) is 47.2 Å². The van der Waals surface area contributed by atoms with E-state index in [9.17, 15) is 0 Å². The highest BCUT2D eigenvalue weighted by molar-refractivity contribution is 5.56. The standard InChI is InChI=1S/C19H30N4/c1-5-16(3)18(21-6-2)14-23(13-8-7-11-20)15-19-17(4)10-9-12-22-19/h5-6,9-10,12H,1,7-8,11,13-15,20H2,2-4H3/b18-16-,21-6-. The van der Waals surface area contributed by atoms with Crippen LogP contribution in [-0.4, -0.2) is 35.7 Å². The number of rotatable bonds is 10. The van der Waals surface area contributed by atoms with Crippen LogP contribution in [0.1, 0.15) is 37.9 Å². The lowest BCUT2D eigenvalue weighted by Gasteiger charge is -2.23. The molecule has 0 atom stereocenters. The normalized spacial score (nSPS) is 12.7. The SMILES string of the molecule is C=C/C(C)=C(CN(CCCCN)Cc1ncccc1C)\N=C/C. The van der Waals surface area contributed by atoms with E-state index in [1.165, 1.54) is 5.56 Å². The smallest absolute Gasteiger partial charge is 0.0573 e. The van der Waals surface area contributed by atoms with E-state index >= 15 is 0 Å². The Labute approximate surface area is 140 Å². The molecule has 0 saturated carbocycles. The Morgan fingerprint density at radius 3 is 2.83 bits per heavy atom. The predicted molar refractivity (Wildman–Crippen MR) is 99.6 cm³/mol. The van der Waals surface area contributed by atoms with Crippen molar-refractivity contribution < 1.29 is 0 Å². The summed E-state index contributed by atoms with van der Waals surface area (Å²) in [5, 5.41) is 0. The number of allylic oxidation sites excluding steroid dienone is 2. The van der Waals surface area contributed by atoms with Crippen molar-refractivity contribution in [2.75, 3.05) is 19.6 Å². The number of aliphatic imine (C=N–C) groups is 1. The molecule has 1 heterocycles. The number of hydrogen-bond acceptors (Lipinski definition) is 4. The zero-order chi connectivity index (χ0) is 17.1. The van der Waals surface area contributed by atoms with Crippen molar-refractivity contribution in [2.45, 2.75) is 40.2 Å². The summed E-state index contributed by atoms with van der Waals surface area (Å²) in [6, 6.07) is 4.09. The third-order valence-corrected chi connectivity index (χ3v) is 3.84. The summed E-state index contributed by atoms with van der Waals surface area (Å²) in [4.78, 5) is 11.4. The zero-order valence-corrected chi connectivity index (χ0v) is 14.8. The number of hydrogen-bond donors (Lipinski definition) is 1. The lowest BCUT2D eigenvalue weighted by molar-refractivity contribution is 0.277. The average Bonchev–Trinajstić information content (AvgIpc) is 2.55. The van der Waals surface area contributed by atoms with Crippen LogP contribution < -0.4 is 5.73 Å². The van der Waals surface area contributed by atoms with Crippen LogP contribution in [0.2, 0.25) is 0 Å². The highest BCUT2D eigenvalue weighted by atomic mass is 15.1. The van der Waals surface area contributed by atoms with Crippen LogP contribution in [-0.2, 0) is 6.54 Å². The first-order valence-electron chi connectivity index (χ1n) is 8.26. The maximum absolute atomic E-state index is 5.63. The Hall–Kier alpha value is -1.78. The molecule has 0 amide bonds. The molecule has 0 aliphatic carbocycles. The number of pyridine rings is 1. The average molecular weight is 314 g/mol. The van der Waals surface area contributed by atoms with Crippen LogP contribution in [0.3, 0.4) is 0 Å². The topological polar surface area (TPSA) is 54.5 Å². The molecule has 0 unspecified atom stereocenters. The molecule has 4 nitrogen and oxygen atoms in total. The molecular weight excluding hydrogens is 284 g/mol. The van der Waals surface area contributed by atoms with Crippen LogP contribution in [0, 0.1) is 6.92 Å². The molecule has 0 aliphatic rings. The fraction of sp³-hybridized carbons (Fsp3) is 0.474. The van der Waals surface area contributed by atoms with Gasteiger partial charge in [0.15, 0.2) is 0 Å². The summed E-state index contributed by atoms with van der Waals surface area (Å²) in [5.41, 5.74) is 10.2. The maximum Gasteiger partial charge on any atom is 0.0573 e. The van der Waals surface area contributed by atoms with E-state index in [0.717, 1.165) is 56.0 Å². The van der Waals surface area contributed by atoms with E-state index < -0.39 is 0 Å². The van der Waals surface area contributed by atoms with Gasteiger partial charge in [-0.3, -0.25) is 14.9 Å². The number of aromatic nitrogens is 1. The zero-order valence-electron chi connectivity index (χ0n) is 14.8. The number of unbranched alkanes of at least 4 members (excludes halogenated alkanes) is 1. The molecule has 126 valence electrons. The molecule has 0 aromatic carbocycles. The van der Waals surface area contributed by atoms with Gasteiger partial charge >= 0.3 is 0 Å². The van der Waals surface area contributed by atoms with Gasteiger partial charge in [-0.1, -0.05) is 18.7 Å². The summed E-state index contributed by atoms with van der Waals surface area (Å²) in [6.45, 7) is 13.3. The summed E-state index contributed by atoms with van der Waals surface area (Å²) < 4.78 is 0. The molecular formula is C19H30N4. The van der Waals surface area contributed by atoms with Crippen molar-refractivity contribution in [3.63, 3.8) is 0 Å². The van der Waals surface area contributed by atoms with Gasteiger partial charge in [-0.15, -0.1) is 0 Å². The molecule has 0 aliphatic heterocycles. The highest BCUT2D eigenvalue weighted by Crippen LogP contribution is 2.14. The Balaban J connectivity index is 2.91. The second-order valence-electron chi connectivity index (χ2n) is 5.69. The van der Waals surface area contributed by atoms with Gasteiger partial charge in [0.2, 0.25) is 0 Å². The Kier molecular flexibility index (Phi) is 9.10. The maximum atomic E-state index is 5.63. The minimum atomic E-state index is 0.734. The Morgan fingerprint density at radius 1 is 1.43 bits per heavy atom. The molecule has 0 saturated heterocycles. The van der Waals surface area contributed by atoms with Crippen molar-refractivity contribution in [2.24, 2.45) is 10.7 Å². The lowest BCUT2D eigenvalue weighted by atomic mass is 10.1. The van der Waals surface area contributed by atoms with Gasteiger partial charge in [-0.25, -0.2) is 0 Å². The molecule has 1 aromatic heterocycles. The first kappa shape index (κ1) is 19.3. The van der Waals surface area contributed by atoms with Crippen molar-refractivity contribution in [3.05, 3.63) is 53.5 Å². The van der Waals surface area contributed by atoms with Crippen LogP contribution in [0.4, 0.5) is 0 Å². The second kappa shape index (κ2) is 10.9. The van der Waals surface area contributed by atoms with Gasteiger partial charge in [0.05, 0.1) is 11.4 Å². The van der Waals surface area contributed by atoms with E-state index in [4.69, 9.17) is 5.73 Å². The van der Waals surface area contributed by atoms with Gasteiger partial charge in [0.1, 0.15) is 0 Å². The van der Waals surface area contributed by atoms with Crippen LogP contribution >= 0.6 is 0 Å². The summed E-state index contributed by atoms with van der Waals surface area (Å²) in [6.07, 6.45) is 7.68. The third-order valence-electron chi connectivity index (χ3n) is 3.84. The predicted octanol–water partition coefficient (Wildman–Crippen LogP) is 3.48. The lowest BCUT2D eigenvalue weighted by Crippen LogP contribution is -2.28. The van der Waals surface area contributed by atoms with E-state index in [1.807, 2.05) is 31.5 Å². The molecule has 0 radical (unpaired) electrons. The summed E-state index contributed by atoms with van der Waals surface area (Å²) >= 11 is 0. The highest BCUT2D eigenvalue weighted by Gasteiger charge is 2.11. The fourth-order valence-corrected chi connectivity index (χ4v) is 2.34. The van der Waals surface area contributed by atoms with Gasteiger partial charge in [-0.2, -0.15) is 0 Å². The number of nitrogens with zero attached hydrogens (tertiary/aromatic N) is 3. The fourth-order valence-electron chi connectivity index (χ4n) is 2.34. The molecule has 0 bridgehead atoms. The van der Waals surface area contributed by atoms with Crippen molar-refractivity contribution in [1.82, 2.24) is 9.88 Å². The van der Waals surface area contributed by atoms with E-state index in [2.05, 4.69) is 41.4 Å². The molecule has 2 N–H and O–H groups in total. The Morgan fingerprint density at radius 2 is 2.22 bits per heavy atom. The second-order valence-corrected chi connectivity index (χ2v) is 5.69. The largest absolute Gasteiger partial charge is 0.330 e. The van der Waals surface area contributed by atoms with E-state index in [1.54, 1.807) is 0 Å². The van der Waals surface area contributed by atoms with Crippen LogP contribution in [0.5, 0.6) is 0 Å². The minimum Gasteiger partial charge on any atom is -0.330 e. The van der Waals surface area contributed by atoms with Crippen molar-refractivity contribution in [1.29, 1.82) is 0 Å². The molecule has 4 heteroatoms. The van der Waals surface area contributed by atoms with Crippen LogP contribution in [0.25, 0.3) is 0 Å². The minimum absolute atomic E-state index is 0.734. The van der Waals surface area contributed by atoms with Crippen molar-refractivity contribution in [3.8, 4) is 0 Å². The molecule has 1 aromatic rings. The van der Waals surface area contributed by atoms with E-state index in [-0.39, 0.29) is 0 Å². The Bertz CT molecular complexity index is 546. The molecule has 1 rings (SSSR count). The number of nitrogens with two attached hydrogens (primary N) is 1. The van der Waals surface area contributed by atoms with E-state index in [0.29, 0.717) is 0 Å². The van der Waals surface area contributed by atoms with Gasteiger partial charge in [0.25, 0.3) is 0 Å². The third kappa shape index (κ3) is 6.89. The molecule has 0 fully saturated rings. The molecule has 0 spiro atoms. The summed E-state index contributed by atoms with van der Waals surface area (Å²) in [5.74, 6) is 0. The van der Waals surface area contributed by atoms with Gasteiger partial charge < -0.3 is 5.73 Å². The first-order valence-corrected chi connectivity index (χ1v) is 8.26. The number of aryl methyl sites for hydroxylation is 1. The molecule has 23 heavy (non-hydrogen) atoms. The summed E-state index contributed by atoms with van der Waals surface area (Å²) in [7, 11) is 0. The van der Waals surface area contributed by atoms with Gasteiger partial charge in [-0.05, 0) is 63.9 Å². The quantitative estimate of drug-likeness (QED) is 0.409.